The van der Waals surface area contributed by atoms with E-state index in [0.717, 1.165) is 17.9 Å². The summed E-state index contributed by atoms with van der Waals surface area (Å²) in [5.74, 6) is 0.829. The molecule has 15 heavy (non-hydrogen) atoms. The van der Waals surface area contributed by atoms with Crippen molar-refractivity contribution in [2.45, 2.75) is 12.5 Å². The molecule has 1 heterocycles. The molecule has 1 aromatic rings. The largest absolute Gasteiger partial charge is 0.497 e. The van der Waals surface area contributed by atoms with Crippen LogP contribution in [0, 0.1) is 5.56 Å². The summed E-state index contributed by atoms with van der Waals surface area (Å²) < 4.78 is 10.3. The SMILES string of the molecule is COc1cccc(NC2CCO[C]2Cl)c1. The van der Waals surface area contributed by atoms with E-state index in [4.69, 9.17) is 21.1 Å². The first-order valence-corrected chi connectivity index (χ1v) is 5.23. The summed E-state index contributed by atoms with van der Waals surface area (Å²) in [6.45, 7) is 0.681. The van der Waals surface area contributed by atoms with Crippen molar-refractivity contribution < 1.29 is 9.47 Å². The Kier molecular flexibility index (Phi) is 3.34. The molecule has 3 nitrogen and oxygen atoms in total. The maximum atomic E-state index is 5.90. The first-order valence-electron chi connectivity index (χ1n) is 4.85. The predicted molar refractivity (Wildman–Crippen MR) is 60.1 cm³/mol. The summed E-state index contributed by atoms with van der Waals surface area (Å²) >= 11 is 5.90. The van der Waals surface area contributed by atoms with Crippen LogP contribution in [0.1, 0.15) is 6.42 Å². The minimum absolute atomic E-state index is 0.0961. The maximum absolute atomic E-state index is 5.90. The monoisotopic (exact) mass is 226 g/mol. The lowest BCUT2D eigenvalue weighted by Gasteiger charge is -2.15. The number of ether oxygens (including phenoxy) is 2. The van der Waals surface area contributed by atoms with Crippen LogP contribution in [0.25, 0.3) is 0 Å². The highest BCUT2D eigenvalue weighted by Gasteiger charge is 2.27. The van der Waals surface area contributed by atoms with Gasteiger partial charge in [0.05, 0.1) is 19.8 Å². The Bertz CT molecular complexity index is 332. The number of rotatable bonds is 3. The summed E-state index contributed by atoms with van der Waals surface area (Å²) in [5, 5.41) is 3.29. The smallest absolute Gasteiger partial charge is 0.206 e. The fraction of sp³-hybridized carbons (Fsp3) is 0.364. The zero-order chi connectivity index (χ0) is 10.7. The van der Waals surface area contributed by atoms with Crippen molar-refractivity contribution in [2.24, 2.45) is 0 Å². The fourth-order valence-corrected chi connectivity index (χ4v) is 1.77. The number of hydrogen-bond donors (Lipinski definition) is 1. The summed E-state index contributed by atoms with van der Waals surface area (Å²) in [6, 6.07) is 7.85. The maximum Gasteiger partial charge on any atom is 0.206 e. The van der Waals surface area contributed by atoms with Gasteiger partial charge in [0, 0.05) is 11.8 Å². The molecule has 0 saturated carbocycles. The first-order chi connectivity index (χ1) is 7.29. The molecule has 0 bridgehead atoms. The Hall–Kier alpha value is -0.930. The van der Waals surface area contributed by atoms with Crippen LogP contribution in [0.5, 0.6) is 5.75 Å². The van der Waals surface area contributed by atoms with Gasteiger partial charge in [-0.15, -0.1) is 0 Å². The molecule has 1 aromatic carbocycles. The second kappa shape index (κ2) is 4.73. The molecule has 1 aliphatic rings. The average Bonchev–Trinajstić information content (AvgIpc) is 2.65. The summed E-state index contributed by atoms with van der Waals surface area (Å²) in [6.07, 6.45) is 0.899. The van der Waals surface area contributed by atoms with Crippen LogP contribution in [0.3, 0.4) is 0 Å². The highest BCUT2D eigenvalue weighted by atomic mass is 35.5. The van der Waals surface area contributed by atoms with Gasteiger partial charge in [0.2, 0.25) is 5.56 Å². The second-order valence-corrected chi connectivity index (χ2v) is 3.74. The van der Waals surface area contributed by atoms with E-state index >= 15 is 0 Å². The van der Waals surface area contributed by atoms with E-state index in [0.29, 0.717) is 12.2 Å². The predicted octanol–water partition coefficient (Wildman–Crippen LogP) is 2.62. The minimum Gasteiger partial charge on any atom is -0.497 e. The molecule has 81 valence electrons. The Morgan fingerprint density at radius 3 is 3.07 bits per heavy atom. The highest BCUT2D eigenvalue weighted by Crippen LogP contribution is 2.28. The Balaban J connectivity index is 2.03. The number of nitrogens with one attached hydrogen (secondary N) is 1. The van der Waals surface area contributed by atoms with Crippen molar-refractivity contribution in [3.05, 3.63) is 29.8 Å². The third kappa shape index (κ3) is 2.55. The number of halogens is 1. The molecule has 1 radical (unpaired) electrons. The Morgan fingerprint density at radius 2 is 2.40 bits per heavy atom. The van der Waals surface area contributed by atoms with Crippen LogP contribution >= 0.6 is 11.6 Å². The van der Waals surface area contributed by atoms with Gasteiger partial charge in [0.25, 0.3) is 0 Å². The second-order valence-electron chi connectivity index (χ2n) is 3.37. The summed E-state index contributed by atoms with van der Waals surface area (Å²) in [4.78, 5) is 0. The molecule has 2 rings (SSSR count). The van der Waals surface area contributed by atoms with Gasteiger partial charge in [-0.25, -0.2) is 0 Å². The molecular formula is C11H13ClNO2. The molecule has 0 amide bonds. The van der Waals surface area contributed by atoms with Crippen molar-refractivity contribution in [2.75, 3.05) is 19.0 Å². The molecule has 4 heteroatoms. The standard InChI is InChI=1S/C11H13ClNO2/c1-14-9-4-2-3-8(7-9)13-10-5-6-15-11(10)12/h2-4,7,10,13H,5-6H2,1H3. The van der Waals surface area contributed by atoms with Crippen LogP contribution in [0.2, 0.25) is 0 Å². The normalized spacial score (nSPS) is 21.6. The van der Waals surface area contributed by atoms with Crippen molar-refractivity contribution in [3.63, 3.8) is 0 Å². The van der Waals surface area contributed by atoms with E-state index in [9.17, 15) is 0 Å². The molecule has 1 fully saturated rings. The lowest BCUT2D eigenvalue weighted by molar-refractivity contribution is 0.235. The van der Waals surface area contributed by atoms with Crippen LogP contribution in [-0.4, -0.2) is 19.8 Å². The van der Waals surface area contributed by atoms with Crippen molar-refractivity contribution in [1.29, 1.82) is 0 Å². The molecule has 1 unspecified atom stereocenters. The van der Waals surface area contributed by atoms with Gasteiger partial charge >= 0.3 is 0 Å². The van der Waals surface area contributed by atoms with Gasteiger partial charge < -0.3 is 14.8 Å². The lowest BCUT2D eigenvalue weighted by Crippen LogP contribution is -2.19. The molecule has 0 aliphatic carbocycles. The molecule has 0 spiro atoms. The quantitative estimate of drug-likeness (QED) is 0.860. The molecular weight excluding hydrogens is 214 g/mol. The molecule has 1 atom stereocenters. The third-order valence-corrected chi connectivity index (χ3v) is 2.70. The highest BCUT2D eigenvalue weighted by molar-refractivity contribution is 6.26. The van der Waals surface area contributed by atoms with Crippen molar-refractivity contribution in [3.8, 4) is 5.75 Å². The van der Waals surface area contributed by atoms with Crippen LogP contribution in [0.15, 0.2) is 24.3 Å². The number of benzene rings is 1. The van der Waals surface area contributed by atoms with Crippen molar-refractivity contribution in [1.82, 2.24) is 0 Å². The average molecular weight is 227 g/mol. The minimum atomic E-state index is 0.0961. The topological polar surface area (TPSA) is 30.5 Å². The van der Waals surface area contributed by atoms with Crippen LogP contribution in [0.4, 0.5) is 5.69 Å². The number of methoxy groups -OCH3 is 1. The Labute approximate surface area is 94.3 Å². The molecule has 1 N–H and O–H groups in total. The first kappa shape index (κ1) is 10.6. The van der Waals surface area contributed by atoms with Gasteiger partial charge in [-0.1, -0.05) is 17.7 Å². The van der Waals surface area contributed by atoms with Gasteiger partial charge in [0.1, 0.15) is 5.75 Å². The lowest BCUT2D eigenvalue weighted by atomic mass is 10.2. The van der Waals surface area contributed by atoms with Crippen LogP contribution < -0.4 is 10.1 Å². The zero-order valence-electron chi connectivity index (χ0n) is 8.50. The van der Waals surface area contributed by atoms with E-state index in [1.54, 1.807) is 7.11 Å². The summed E-state index contributed by atoms with van der Waals surface area (Å²) in [7, 11) is 1.65. The van der Waals surface area contributed by atoms with Gasteiger partial charge in [0.15, 0.2) is 0 Å². The van der Waals surface area contributed by atoms with Gasteiger partial charge in [-0.3, -0.25) is 0 Å². The molecule has 0 aromatic heterocycles. The van der Waals surface area contributed by atoms with Crippen LogP contribution in [-0.2, 0) is 4.74 Å². The van der Waals surface area contributed by atoms with Gasteiger partial charge in [-0.05, 0) is 18.6 Å². The third-order valence-electron chi connectivity index (χ3n) is 2.33. The van der Waals surface area contributed by atoms with Gasteiger partial charge in [-0.2, -0.15) is 0 Å². The van der Waals surface area contributed by atoms with E-state index < -0.39 is 0 Å². The fourth-order valence-electron chi connectivity index (χ4n) is 1.53. The van der Waals surface area contributed by atoms with E-state index in [1.165, 1.54) is 0 Å². The molecule has 1 aliphatic heterocycles. The zero-order valence-corrected chi connectivity index (χ0v) is 9.25. The Morgan fingerprint density at radius 1 is 1.53 bits per heavy atom. The number of hydrogen-bond acceptors (Lipinski definition) is 3. The molecule has 1 saturated heterocycles. The summed E-state index contributed by atoms with van der Waals surface area (Å²) in [5.41, 5.74) is 1.53. The number of anilines is 1. The van der Waals surface area contributed by atoms with Crippen molar-refractivity contribution >= 4 is 17.3 Å². The van der Waals surface area contributed by atoms with E-state index in [-0.39, 0.29) is 6.04 Å². The van der Waals surface area contributed by atoms with E-state index in [1.807, 2.05) is 24.3 Å². The van der Waals surface area contributed by atoms with E-state index in [2.05, 4.69) is 5.32 Å².